The number of nitrogens with zero attached hydrogens (tertiary/aromatic N) is 2. The van der Waals surface area contributed by atoms with Crippen molar-refractivity contribution >= 4 is 17.4 Å². The topological polar surface area (TPSA) is 79.3 Å². The van der Waals surface area contributed by atoms with Crippen LogP contribution < -0.4 is 9.47 Å². The molecule has 1 amide bonds. The number of carbonyl (C=O) groups is 2. The first-order chi connectivity index (χ1) is 17.9. The number of rotatable bonds is 11. The highest BCUT2D eigenvalue weighted by Gasteiger charge is 2.46. The molecule has 0 aliphatic carbocycles. The molecular weight excluding hydrogens is 468 g/mol. The number of ketones is 1. The quantitative estimate of drug-likeness (QED) is 0.264. The van der Waals surface area contributed by atoms with Gasteiger partial charge in [0, 0.05) is 18.5 Å². The number of hydrogen-bond acceptors (Lipinski definition) is 6. The second kappa shape index (κ2) is 11.8. The van der Waals surface area contributed by atoms with Crippen LogP contribution in [0.1, 0.15) is 63.3 Å². The minimum Gasteiger partial charge on any atom is -0.507 e. The Bertz CT molecular complexity index is 1170. The molecule has 2 aliphatic heterocycles. The number of benzene rings is 2. The van der Waals surface area contributed by atoms with Gasteiger partial charge in [-0.25, -0.2) is 0 Å². The number of aliphatic hydroxyl groups is 1. The molecule has 0 unspecified atom stereocenters. The van der Waals surface area contributed by atoms with E-state index in [1.807, 2.05) is 50.2 Å². The fourth-order valence-corrected chi connectivity index (χ4v) is 5.18. The lowest BCUT2D eigenvalue weighted by Crippen LogP contribution is -2.33. The second-order valence-electron chi connectivity index (χ2n) is 9.75. The van der Waals surface area contributed by atoms with Gasteiger partial charge in [-0.2, -0.15) is 0 Å². The van der Waals surface area contributed by atoms with Gasteiger partial charge in [0.2, 0.25) is 0 Å². The van der Waals surface area contributed by atoms with Gasteiger partial charge >= 0.3 is 0 Å². The van der Waals surface area contributed by atoms with Gasteiger partial charge in [-0.05, 0) is 80.9 Å². The van der Waals surface area contributed by atoms with E-state index >= 15 is 0 Å². The number of fused-ring (bicyclic) bond motifs is 1. The van der Waals surface area contributed by atoms with Crippen LogP contribution in [0.5, 0.6) is 11.5 Å². The molecule has 0 aromatic heterocycles. The molecule has 2 aromatic rings. The van der Waals surface area contributed by atoms with Gasteiger partial charge in [-0.1, -0.05) is 32.9 Å². The van der Waals surface area contributed by atoms with Crippen LogP contribution in [0.4, 0.5) is 0 Å². The summed E-state index contributed by atoms with van der Waals surface area (Å²) in [5.41, 5.74) is 2.36. The Balaban J connectivity index is 1.74. The molecule has 1 fully saturated rings. The molecule has 1 N–H and O–H groups in total. The first-order valence-electron chi connectivity index (χ1n) is 13.4. The Kier molecular flexibility index (Phi) is 8.54. The molecule has 2 heterocycles. The summed E-state index contributed by atoms with van der Waals surface area (Å²) in [5, 5.41) is 11.5. The largest absolute Gasteiger partial charge is 0.507 e. The van der Waals surface area contributed by atoms with E-state index in [-0.39, 0.29) is 17.4 Å². The molecule has 2 atom stereocenters. The fourth-order valence-electron chi connectivity index (χ4n) is 5.18. The van der Waals surface area contributed by atoms with Gasteiger partial charge < -0.3 is 24.4 Å². The molecule has 4 rings (SSSR count). The summed E-state index contributed by atoms with van der Waals surface area (Å²) in [6.45, 7) is 11.9. The van der Waals surface area contributed by atoms with Crippen LogP contribution in [0.3, 0.4) is 0 Å². The van der Waals surface area contributed by atoms with Crippen LogP contribution in [0.2, 0.25) is 0 Å². The van der Waals surface area contributed by atoms with E-state index in [0.717, 1.165) is 55.8 Å². The number of Topliss-reactive ketones (excluding diaryl/α,β-unsaturated/α-hetero) is 1. The molecule has 2 aromatic carbocycles. The zero-order valence-corrected chi connectivity index (χ0v) is 22.3. The van der Waals surface area contributed by atoms with E-state index in [9.17, 15) is 14.7 Å². The molecule has 1 saturated heterocycles. The number of aliphatic hydroxyl groups excluding tert-OH is 1. The Labute approximate surface area is 219 Å². The summed E-state index contributed by atoms with van der Waals surface area (Å²) in [5.74, 6) is 0.0752. The maximum Gasteiger partial charge on any atom is 0.295 e. The van der Waals surface area contributed by atoms with Crippen LogP contribution in [0.25, 0.3) is 5.76 Å². The third kappa shape index (κ3) is 5.67. The van der Waals surface area contributed by atoms with Crippen molar-refractivity contribution in [2.45, 2.75) is 59.1 Å². The number of amides is 1. The lowest BCUT2D eigenvalue weighted by molar-refractivity contribution is -0.140. The van der Waals surface area contributed by atoms with Gasteiger partial charge in [0.05, 0.1) is 18.2 Å². The van der Waals surface area contributed by atoms with Gasteiger partial charge in [0.1, 0.15) is 23.4 Å². The molecule has 0 bridgehead atoms. The van der Waals surface area contributed by atoms with E-state index in [4.69, 9.17) is 9.47 Å². The predicted octanol–water partition coefficient (Wildman–Crippen LogP) is 4.95. The third-order valence-electron chi connectivity index (χ3n) is 7.12. The zero-order chi connectivity index (χ0) is 26.5. The maximum atomic E-state index is 13.4. The zero-order valence-electron chi connectivity index (χ0n) is 22.3. The van der Waals surface area contributed by atoms with Crippen LogP contribution >= 0.6 is 0 Å². The minimum absolute atomic E-state index is 0.0645. The first-order valence-corrected chi connectivity index (χ1v) is 13.4. The van der Waals surface area contributed by atoms with E-state index in [1.54, 1.807) is 11.0 Å². The smallest absolute Gasteiger partial charge is 0.295 e. The maximum absolute atomic E-state index is 13.4. The summed E-state index contributed by atoms with van der Waals surface area (Å²) in [6.07, 6.45) is 2.39. The van der Waals surface area contributed by atoms with E-state index < -0.39 is 17.7 Å². The monoisotopic (exact) mass is 506 g/mol. The Morgan fingerprint density at radius 3 is 2.65 bits per heavy atom. The van der Waals surface area contributed by atoms with Crippen molar-refractivity contribution in [3.63, 3.8) is 0 Å². The van der Waals surface area contributed by atoms with Crippen molar-refractivity contribution in [2.75, 3.05) is 32.8 Å². The standard InChI is InChI=1S/C30H38N2O5/c1-5-16-36-24-11-8-10-21(19-24)27-26(28(33)22-12-13-25-23(18-22)17-20(4)37-25)29(34)30(35)32(27)15-9-14-31(6-2)7-3/h8,10-13,18-20,27,33H,5-7,9,14-17H2,1-4H3/t20-,27+/m0/s1. The average Bonchev–Trinajstić information content (AvgIpc) is 3.40. The highest BCUT2D eigenvalue weighted by molar-refractivity contribution is 6.46. The SMILES string of the molecule is CCCOc1cccc([C@@H]2C(=C(O)c3ccc4c(c3)C[C@H](C)O4)C(=O)C(=O)N2CCCN(CC)CC)c1. The van der Waals surface area contributed by atoms with Crippen molar-refractivity contribution in [1.82, 2.24) is 9.80 Å². The van der Waals surface area contributed by atoms with Gasteiger partial charge in [-0.15, -0.1) is 0 Å². The normalized spacial score (nSPS) is 20.4. The predicted molar refractivity (Wildman–Crippen MR) is 144 cm³/mol. The van der Waals surface area contributed by atoms with E-state index in [1.165, 1.54) is 0 Å². The van der Waals surface area contributed by atoms with Crippen molar-refractivity contribution in [2.24, 2.45) is 0 Å². The molecule has 198 valence electrons. The molecule has 37 heavy (non-hydrogen) atoms. The molecular formula is C30H38N2O5. The molecule has 0 spiro atoms. The van der Waals surface area contributed by atoms with Gasteiger partial charge in [0.15, 0.2) is 0 Å². The number of hydrogen-bond donors (Lipinski definition) is 1. The van der Waals surface area contributed by atoms with Crippen molar-refractivity contribution in [3.05, 3.63) is 64.7 Å². The average molecular weight is 507 g/mol. The summed E-state index contributed by atoms with van der Waals surface area (Å²) >= 11 is 0. The number of carbonyl (C=O) groups excluding carboxylic acids is 2. The summed E-state index contributed by atoms with van der Waals surface area (Å²) < 4.78 is 11.6. The lowest BCUT2D eigenvalue weighted by atomic mass is 9.94. The van der Waals surface area contributed by atoms with Gasteiger partial charge in [-0.3, -0.25) is 9.59 Å². The van der Waals surface area contributed by atoms with Crippen LogP contribution in [-0.2, 0) is 16.0 Å². The van der Waals surface area contributed by atoms with Gasteiger partial charge in [0.25, 0.3) is 11.7 Å². The van der Waals surface area contributed by atoms with Crippen molar-refractivity contribution in [1.29, 1.82) is 0 Å². The van der Waals surface area contributed by atoms with Crippen LogP contribution in [-0.4, -0.2) is 65.5 Å². The molecule has 2 aliphatic rings. The van der Waals surface area contributed by atoms with E-state index in [0.29, 0.717) is 24.5 Å². The Morgan fingerprint density at radius 1 is 1.14 bits per heavy atom. The Morgan fingerprint density at radius 2 is 1.92 bits per heavy atom. The van der Waals surface area contributed by atoms with Crippen LogP contribution in [0, 0.1) is 0 Å². The summed E-state index contributed by atoms with van der Waals surface area (Å²) in [4.78, 5) is 30.6. The van der Waals surface area contributed by atoms with E-state index in [2.05, 4.69) is 18.7 Å². The highest BCUT2D eigenvalue weighted by Crippen LogP contribution is 2.41. The molecule has 7 heteroatoms. The van der Waals surface area contributed by atoms with Crippen molar-refractivity contribution < 1.29 is 24.2 Å². The fraction of sp³-hybridized carbons (Fsp3) is 0.467. The second-order valence-corrected chi connectivity index (χ2v) is 9.75. The molecule has 0 saturated carbocycles. The molecule has 7 nitrogen and oxygen atoms in total. The minimum atomic E-state index is -0.690. The summed E-state index contributed by atoms with van der Waals surface area (Å²) in [7, 11) is 0. The first kappa shape index (κ1) is 26.7. The number of ether oxygens (including phenoxy) is 2. The lowest BCUT2D eigenvalue weighted by Gasteiger charge is -2.27. The summed E-state index contributed by atoms with van der Waals surface area (Å²) in [6, 6.07) is 12.2. The highest BCUT2D eigenvalue weighted by atomic mass is 16.5. The number of likely N-dealkylation sites (tertiary alicyclic amines) is 1. The third-order valence-corrected chi connectivity index (χ3v) is 7.12. The van der Waals surface area contributed by atoms with Crippen molar-refractivity contribution in [3.8, 4) is 11.5 Å². The Hall–Kier alpha value is -3.32. The molecule has 0 radical (unpaired) electrons. The van der Waals surface area contributed by atoms with Crippen LogP contribution in [0.15, 0.2) is 48.0 Å².